The number of nitrogens with one attached hydrogen (secondary N) is 1. The third-order valence-corrected chi connectivity index (χ3v) is 3.92. The summed E-state index contributed by atoms with van der Waals surface area (Å²) in [6.07, 6.45) is 2.75. The van der Waals surface area contributed by atoms with Gasteiger partial charge in [0.2, 0.25) is 0 Å². The Morgan fingerprint density at radius 1 is 1.14 bits per heavy atom. The summed E-state index contributed by atoms with van der Waals surface area (Å²) < 4.78 is 11.8. The van der Waals surface area contributed by atoms with Crippen LogP contribution < -0.4 is 5.32 Å². The van der Waals surface area contributed by atoms with Crippen molar-refractivity contribution in [2.45, 2.75) is 33.3 Å². The van der Waals surface area contributed by atoms with Crippen LogP contribution in [-0.2, 0) is 9.47 Å². The number of carbonyl (C=O) groups excluding carboxylic acids is 2. The average molecular weight is 382 g/mol. The van der Waals surface area contributed by atoms with Gasteiger partial charge in [-0.25, -0.2) is 19.1 Å². The van der Waals surface area contributed by atoms with Gasteiger partial charge in [-0.15, -0.1) is 0 Å². The van der Waals surface area contributed by atoms with Crippen molar-refractivity contribution in [2.75, 3.05) is 12.4 Å². The van der Waals surface area contributed by atoms with Crippen molar-refractivity contribution in [3.8, 4) is 11.1 Å². The molecule has 1 amide bonds. The lowest BCUT2D eigenvalue weighted by Crippen LogP contribution is -2.24. The summed E-state index contributed by atoms with van der Waals surface area (Å²) in [7, 11) is 1.29. The van der Waals surface area contributed by atoms with Gasteiger partial charge in [0.05, 0.1) is 24.4 Å². The Kier molecular flexibility index (Phi) is 5.04. The average Bonchev–Trinajstić information content (AvgIpc) is 3.05. The molecule has 8 nitrogen and oxygen atoms in total. The van der Waals surface area contributed by atoms with E-state index >= 15 is 0 Å². The Balaban J connectivity index is 1.98. The van der Waals surface area contributed by atoms with E-state index in [0.717, 1.165) is 22.3 Å². The fourth-order valence-electron chi connectivity index (χ4n) is 2.71. The molecule has 0 saturated heterocycles. The second-order valence-corrected chi connectivity index (χ2v) is 7.29. The van der Waals surface area contributed by atoms with Gasteiger partial charge in [0.25, 0.3) is 0 Å². The van der Waals surface area contributed by atoms with E-state index in [2.05, 4.69) is 20.1 Å². The number of anilines is 1. The van der Waals surface area contributed by atoms with Crippen molar-refractivity contribution < 1.29 is 19.1 Å². The SMILES string of the molecule is COC(=O)Nc1ccc(-c2cnn3c(C)cc(C(=O)OC(C)(C)C)cc23)cn1. The number of rotatable bonds is 3. The number of pyridine rings is 2. The molecule has 0 radical (unpaired) electrons. The van der Waals surface area contributed by atoms with Gasteiger partial charge >= 0.3 is 12.1 Å². The van der Waals surface area contributed by atoms with Gasteiger partial charge in [0, 0.05) is 23.0 Å². The highest BCUT2D eigenvalue weighted by Crippen LogP contribution is 2.27. The third-order valence-electron chi connectivity index (χ3n) is 3.92. The maximum Gasteiger partial charge on any atom is 0.412 e. The van der Waals surface area contributed by atoms with Gasteiger partial charge in [-0.1, -0.05) is 0 Å². The van der Waals surface area contributed by atoms with Crippen molar-refractivity contribution in [3.05, 3.63) is 47.9 Å². The second kappa shape index (κ2) is 7.30. The Morgan fingerprint density at radius 2 is 1.89 bits per heavy atom. The maximum atomic E-state index is 12.5. The fourth-order valence-corrected chi connectivity index (χ4v) is 2.71. The lowest BCUT2D eigenvalue weighted by atomic mass is 10.1. The normalized spacial score (nSPS) is 11.3. The molecule has 28 heavy (non-hydrogen) atoms. The first-order valence-electron chi connectivity index (χ1n) is 8.71. The van der Waals surface area contributed by atoms with E-state index in [1.54, 1.807) is 35.1 Å². The van der Waals surface area contributed by atoms with Crippen LogP contribution in [0.15, 0.2) is 36.7 Å². The third kappa shape index (κ3) is 4.11. The number of methoxy groups -OCH3 is 1. The highest BCUT2D eigenvalue weighted by atomic mass is 16.6. The summed E-state index contributed by atoms with van der Waals surface area (Å²) in [5.74, 6) is -0.0151. The minimum atomic E-state index is -0.589. The van der Waals surface area contributed by atoms with E-state index in [9.17, 15) is 9.59 Å². The quantitative estimate of drug-likeness (QED) is 0.692. The molecule has 0 aliphatic carbocycles. The zero-order valence-corrected chi connectivity index (χ0v) is 16.4. The van der Waals surface area contributed by atoms with Crippen molar-refractivity contribution in [1.82, 2.24) is 14.6 Å². The Labute approximate surface area is 162 Å². The molecule has 3 heterocycles. The van der Waals surface area contributed by atoms with Crippen LogP contribution in [0.4, 0.5) is 10.6 Å². The topological polar surface area (TPSA) is 94.8 Å². The number of aromatic nitrogens is 3. The van der Waals surface area contributed by atoms with Gasteiger partial charge in [0.15, 0.2) is 0 Å². The number of aryl methyl sites for hydroxylation is 1. The van der Waals surface area contributed by atoms with Gasteiger partial charge in [-0.2, -0.15) is 5.10 Å². The summed E-state index contributed by atoms with van der Waals surface area (Å²) in [6, 6.07) is 6.98. The number of nitrogens with zero attached hydrogens (tertiary/aromatic N) is 3. The Hall–Kier alpha value is -3.42. The van der Waals surface area contributed by atoms with Crippen molar-refractivity contribution >= 4 is 23.4 Å². The number of ether oxygens (including phenoxy) is 2. The van der Waals surface area contributed by atoms with Crippen molar-refractivity contribution in [2.24, 2.45) is 0 Å². The molecule has 3 aromatic rings. The molecule has 0 unspecified atom stereocenters. The van der Waals surface area contributed by atoms with E-state index in [4.69, 9.17) is 4.74 Å². The lowest BCUT2D eigenvalue weighted by molar-refractivity contribution is 0.00693. The van der Waals surface area contributed by atoms with Crippen LogP contribution in [0.1, 0.15) is 36.8 Å². The Morgan fingerprint density at radius 3 is 2.50 bits per heavy atom. The fraction of sp³-hybridized carbons (Fsp3) is 0.300. The zero-order valence-electron chi connectivity index (χ0n) is 16.4. The molecule has 0 fully saturated rings. The minimum absolute atomic E-state index is 0.373. The van der Waals surface area contributed by atoms with Gasteiger partial charge in [0.1, 0.15) is 11.4 Å². The molecule has 3 rings (SSSR count). The molecular formula is C20H22N4O4. The summed E-state index contributed by atoms with van der Waals surface area (Å²) in [5, 5.41) is 6.90. The van der Waals surface area contributed by atoms with Gasteiger partial charge in [-0.3, -0.25) is 5.32 Å². The number of fused-ring (bicyclic) bond motifs is 1. The van der Waals surface area contributed by atoms with Crippen LogP contribution in [0.2, 0.25) is 0 Å². The molecule has 0 atom stereocenters. The molecule has 3 aromatic heterocycles. The van der Waals surface area contributed by atoms with E-state index in [1.807, 2.05) is 33.8 Å². The molecule has 0 spiro atoms. The predicted molar refractivity (Wildman–Crippen MR) is 104 cm³/mol. The number of hydrogen-bond donors (Lipinski definition) is 1. The van der Waals surface area contributed by atoms with E-state index < -0.39 is 11.7 Å². The zero-order chi connectivity index (χ0) is 20.5. The smallest absolute Gasteiger partial charge is 0.412 e. The van der Waals surface area contributed by atoms with E-state index in [-0.39, 0.29) is 5.97 Å². The number of esters is 1. The lowest BCUT2D eigenvalue weighted by Gasteiger charge is -2.19. The second-order valence-electron chi connectivity index (χ2n) is 7.29. The van der Waals surface area contributed by atoms with E-state index in [0.29, 0.717) is 11.4 Å². The molecule has 1 N–H and O–H groups in total. The monoisotopic (exact) mass is 382 g/mol. The van der Waals surface area contributed by atoms with Crippen LogP contribution in [0.5, 0.6) is 0 Å². The summed E-state index contributed by atoms with van der Waals surface area (Å²) in [4.78, 5) is 28.0. The number of amides is 1. The molecule has 0 bridgehead atoms. The largest absolute Gasteiger partial charge is 0.456 e. The van der Waals surface area contributed by atoms with Crippen molar-refractivity contribution in [1.29, 1.82) is 0 Å². The minimum Gasteiger partial charge on any atom is -0.456 e. The Bertz CT molecular complexity index is 1030. The molecule has 0 saturated carbocycles. The molecule has 0 aromatic carbocycles. The van der Waals surface area contributed by atoms with Gasteiger partial charge < -0.3 is 9.47 Å². The highest BCUT2D eigenvalue weighted by molar-refractivity contribution is 5.93. The first-order chi connectivity index (χ1) is 13.2. The highest BCUT2D eigenvalue weighted by Gasteiger charge is 2.20. The number of carbonyl (C=O) groups is 2. The molecule has 0 aliphatic rings. The van der Waals surface area contributed by atoms with Crippen LogP contribution in [0.25, 0.3) is 16.6 Å². The number of hydrogen-bond acceptors (Lipinski definition) is 6. The molecule has 8 heteroatoms. The van der Waals surface area contributed by atoms with E-state index in [1.165, 1.54) is 7.11 Å². The molecule has 146 valence electrons. The van der Waals surface area contributed by atoms with Crippen LogP contribution in [0, 0.1) is 6.92 Å². The first kappa shape index (κ1) is 19.3. The van der Waals surface area contributed by atoms with Gasteiger partial charge in [-0.05, 0) is 52.0 Å². The van der Waals surface area contributed by atoms with Crippen LogP contribution in [-0.4, -0.2) is 39.4 Å². The van der Waals surface area contributed by atoms with Crippen LogP contribution in [0.3, 0.4) is 0 Å². The summed E-state index contributed by atoms with van der Waals surface area (Å²) in [6.45, 7) is 7.36. The summed E-state index contributed by atoms with van der Waals surface area (Å²) >= 11 is 0. The maximum absolute atomic E-state index is 12.5. The first-order valence-corrected chi connectivity index (χ1v) is 8.71. The van der Waals surface area contributed by atoms with Crippen LogP contribution >= 0.6 is 0 Å². The molecular weight excluding hydrogens is 360 g/mol. The predicted octanol–water partition coefficient (Wildman–Crippen LogP) is 3.84. The molecule has 0 aliphatic heterocycles. The van der Waals surface area contributed by atoms with Crippen molar-refractivity contribution in [3.63, 3.8) is 0 Å². The summed E-state index contributed by atoms with van der Waals surface area (Å²) in [5.41, 5.74) is 3.06. The standard InChI is InChI=1S/C20H22N4O4/c1-12-8-14(18(25)28-20(2,3)4)9-16-15(11-22-24(12)16)13-6-7-17(21-10-13)23-19(26)27-5/h6-11H,1-5H3,(H,21,23,26).